The van der Waals surface area contributed by atoms with Gasteiger partial charge >= 0.3 is 0 Å². The van der Waals surface area contributed by atoms with Crippen LogP contribution in [0.2, 0.25) is 5.02 Å². The van der Waals surface area contributed by atoms with Gasteiger partial charge in [-0.05, 0) is 50.2 Å². The van der Waals surface area contributed by atoms with Crippen molar-refractivity contribution in [2.75, 3.05) is 16.6 Å². The number of nitrogens with one attached hydrogen (secondary N) is 2. The predicted molar refractivity (Wildman–Crippen MR) is 107 cm³/mol. The van der Waals surface area contributed by atoms with E-state index in [-0.39, 0.29) is 10.2 Å². The van der Waals surface area contributed by atoms with Gasteiger partial charge in [0.1, 0.15) is 10.7 Å². The number of halogens is 2. The van der Waals surface area contributed by atoms with E-state index in [0.29, 0.717) is 24.2 Å². The minimum absolute atomic E-state index is 0.154. The summed E-state index contributed by atoms with van der Waals surface area (Å²) >= 11 is 7.28. The van der Waals surface area contributed by atoms with Crippen LogP contribution in [0.15, 0.2) is 28.6 Å². The van der Waals surface area contributed by atoms with Gasteiger partial charge in [0.15, 0.2) is 5.13 Å². The van der Waals surface area contributed by atoms with E-state index >= 15 is 0 Å². The van der Waals surface area contributed by atoms with Crippen LogP contribution in [0, 0.1) is 11.7 Å². The summed E-state index contributed by atoms with van der Waals surface area (Å²) in [6, 6.07) is 2.55. The summed E-state index contributed by atoms with van der Waals surface area (Å²) in [5, 5.41) is 5.05. The quantitative estimate of drug-likeness (QED) is 0.613. The molecule has 148 valence electrons. The SMILES string of the molecule is NC1CCC(CCNc2cc(F)c(S(=O)(=O)Nc3nccs3)cc2Cl)CC1. The maximum atomic E-state index is 14.4. The average Bonchev–Trinajstić information content (AvgIpc) is 3.11. The molecule has 1 fully saturated rings. The predicted octanol–water partition coefficient (Wildman–Crippen LogP) is 4.06. The number of sulfonamides is 1. The van der Waals surface area contributed by atoms with Gasteiger partial charge in [0.05, 0.1) is 10.7 Å². The standard InChI is InChI=1S/C17H22ClFN4O2S2/c18-13-9-16(27(24,25)23-17-22-7-8-26-17)14(19)10-15(13)21-6-5-11-1-3-12(20)4-2-11/h7-12,21H,1-6,20H2,(H,22,23). The molecule has 0 aliphatic heterocycles. The first kappa shape index (κ1) is 20.3. The number of anilines is 2. The van der Waals surface area contributed by atoms with Crippen molar-refractivity contribution in [1.82, 2.24) is 4.98 Å². The second kappa shape index (κ2) is 8.72. The molecule has 3 rings (SSSR count). The third-order valence-corrected chi connectivity index (χ3v) is 7.21. The van der Waals surface area contributed by atoms with Crippen molar-refractivity contribution in [3.8, 4) is 0 Å². The van der Waals surface area contributed by atoms with Crippen molar-refractivity contribution >= 4 is 43.8 Å². The molecule has 0 spiro atoms. The van der Waals surface area contributed by atoms with Crippen molar-refractivity contribution in [3.63, 3.8) is 0 Å². The average molecular weight is 433 g/mol. The van der Waals surface area contributed by atoms with Crippen LogP contribution in [0.1, 0.15) is 32.1 Å². The molecule has 6 nitrogen and oxygen atoms in total. The molecule has 0 bridgehead atoms. The number of aromatic nitrogens is 1. The topological polar surface area (TPSA) is 97.1 Å². The Balaban J connectivity index is 1.64. The van der Waals surface area contributed by atoms with E-state index in [1.807, 2.05) is 0 Å². The normalized spacial score (nSPS) is 20.4. The molecular weight excluding hydrogens is 411 g/mol. The van der Waals surface area contributed by atoms with E-state index in [0.717, 1.165) is 55.6 Å². The molecule has 27 heavy (non-hydrogen) atoms. The lowest BCUT2D eigenvalue weighted by atomic mass is 9.84. The monoisotopic (exact) mass is 432 g/mol. The first-order chi connectivity index (χ1) is 12.8. The molecule has 0 radical (unpaired) electrons. The highest BCUT2D eigenvalue weighted by atomic mass is 35.5. The van der Waals surface area contributed by atoms with Crippen LogP contribution in [0.3, 0.4) is 0 Å². The molecule has 0 unspecified atom stereocenters. The zero-order valence-corrected chi connectivity index (χ0v) is 17.0. The molecule has 0 amide bonds. The van der Waals surface area contributed by atoms with Gasteiger partial charge in [0.25, 0.3) is 10.0 Å². The molecule has 0 atom stereocenters. The Morgan fingerprint density at radius 1 is 1.30 bits per heavy atom. The fraction of sp³-hybridized carbons (Fsp3) is 0.471. The fourth-order valence-electron chi connectivity index (χ4n) is 3.20. The van der Waals surface area contributed by atoms with E-state index in [1.54, 1.807) is 5.38 Å². The van der Waals surface area contributed by atoms with E-state index in [2.05, 4.69) is 15.0 Å². The molecule has 1 saturated carbocycles. The molecular formula is C17H22ClFN4O2S2. The molecule has 1 aliphatic carbocycles. The second-order valence-corrected chi connectivity index (χ2v) is 9.65. The fourth-order valence-corrected chi connectivity index (χ4v) is 5.37. The Hall–Kier alpha value is -1.42. The number of nitrogens with zero attached hydrogens (tertiary/aromatic N) is 1. The summed E-state index contributed by atoms with van der Waals surface area (Å²) in [5.74, 6) is -0.266. The molecule has 1 aliphatic rings. The van der Waals surface area contributed by atoms with Crippen molar-refractivity contribution in [2.24, 2.45) is 11.7 Å². The highest BCUT2D eigenvalue weighted by molar-refractivity contribution is 7.93. The maximum Gasteiger partial charge on any atom is 0.266 e. The van der Waals surface area contributed by atoms with Gasteiger partial charge in [-0.15, -0.1) is 11.3 Å². The number of benzene rings is 1. The number of thiazole rings is 1. The van der Waals surface area contributed by atoms with Crippen LogP contribution in [0.25, 0.3) is 0 Å². The molecule has 2 aromatic rings. The van der Waals surface area contributed by atoms with Gasteiger partial charge in [-0.1, -0.05) is 11.6 Å². The smallest absolute Gasteiger partial charge is 0.266 e. The highest BCUT2D eigenvalue weighted by Crippen LogP contribution is 2.30. The Morgan fingerprint density at radius 3 is 2.70 bits per heavy atom. The zero-order chi connectivity index (χ0) is 19.4. The van der Waals surface area contributed by atoms with E-state index < -0.39 is 20.7 Å². The zero-order valence-electron chi connectivity index (χ0n) is 14.6. The van der Waals surface area contributed by atoms with E-state index in [9.17, 15) is 12.8 Å². The lowest BCUT2D eigenvalue weighted by molar-refractivity contribution is 0.316. The summed E-state index contributed by atoms with van der Waals surface area (Å²) in [6.45, 7) is 0.641. The van der Waals surface area contributed by atoms with Crippen molar-refractivity contribution < 1.29 is 12.8 Å². The summed E-state index contributed by atoms with van der Waals surface area (Å²) in [6.07, 6.45) is 6.68. The molecule has 1 aromatic heterocycles. The van der Waals surface area contributed by atoms with Crippen LogP contribution in [-0.2, 0) is 10.0 Å². The lowest BCUT2D eigenvalue weighted by Gasteiger charge is -2.26. The Kier molecular flexibility index (Phi) is 6.56. The Labute approximate surface area is 167 Å². The van der Waals surface area contributed by atoms with Crippen LogP contribution in [-0.4, -0.2) is 26.0 Å². The van der Waals surface area contributed by atoms with Crippen LogP contribution >= 0.6 is 22.9 Å². The van der Waals surface area contributed by atoms with Crippen molar-refractivity contribution in [2.45, 2.75) is 43.0 Å². The number of hydrogen-bond donors (Lipinski definition) is 3. The van der Waals surface area contributed by atoms with Gasteiger partial charge in [0.2, 0.25) is 0 Å². The third kappa shape index (κ3) is 5.31. The Bertz CT molecular complexity index is 869. The van der Waals surface area contributed by atoms with Crippen LogP contribution in [0.4, 0.5) is 15.2 Å². The maximum absolute atomic E-state index is 14.4. The van der Waals surface area contributed by atoms with Gasteiger partial charge < -0.3 is 11.1 Å². The first-order valence-electron chi connectivity index (χ1n) is 8.76. The van der Waals surface area contributed by atoms with E-state index in [1.165, 1.54) is 6.20 Å². The largest absolute Gasteiger partial charge is 0.384 e. The highest BCUT2D eigenvalue weighted by Gasteiger charge is 2.23. The lowest BCUT2D eigenvalue weighted by Crippen LogP contribution is -2.27. The summed E-state index contributed by atoms with van der Waals surface area (Å²) in [4.78, 5) is 3.33. The van der Waals surface area contributed by atoms with Crippen molar-refractivity contribution in [1.29, 1.82) is 0 Å². The van der Waals surface area contributed by atoms with Gasteiger partial charge in [-0.2, -0.15) is 0 Å². The van der Waals surface area contributed by atoms with Gasteiger partial charge in [0, 0.05) is 24.2 Å². The molecule has 0 saturated heterocycles. The molecule has 10 heteroatoms. The van der Waals surface area contributed by atoms with Crippen LogP contribution < -0.4 is 15.8 Å². The molecule has 1 heterocycles. The molecule has 4 N–H and O–H groups in total. The number of rotatable bonds is 7. The summed E-state index contributed by atoms with van der Waals surface area (Å²) in [5.41, 5.74) is 6.30. The Morgan fingerprint density at radius 2 is 2.04 bits per heavy atom. The first-order valence-corrected chi connectivity index (χ1v) is 11.5. The number of hydrogen-bond acceptors (Lipinski definition) is 6. The number of nitrogens with two attached hydrogens (primary N) is 1. The summed E-state index contributed by atoms with van der Waals surface area (Å²) < 4.78 is 41.4. The molecule has 1 aromatic carbocycles. The minimum atomic E-state index is -4.10. The minimum Gasteiger partial charge on any atom is -0.384 e. The summed E-state index contributed by atoms with van der Waals surface area (Å²) in [7, 11) is -4.10. The van der Waals surface area contributed by atoms with Crippen molar-refractivity contribution in [3.05, 3.63) is 34.5 Å². The van der Waals surface area contributed by atoms with Crippen LogP contribution in [0.5, 0.6) is 0 Å². The van der Waals surface area contributed by atoms with Gasteiger partial charge in [-0.25, -0.2) is 17.8 Å². The third-order valence-electron chi connectivity index (χ3n) is 4.72. The van der Waals surface area contributed by atoms with Gasteiger partial charge in [-0.3, -0.25) is 4.72 Å². The second-order valence-electron chi connectivity index (χ2n) is 6.70. The van der Waals surface area contributed by atoms with E-state index in [4.69, 9.17) is 17.3 Å².